The zero-order valence-corrected chi connectivity index (χ0v) is 46.9. The summed E-state index contributed by atoms with van der Waals surface area (Å²) < 4.78 is 79.8. The van der Waals surface area contributed by atoms with E-state index < -0.39 is 213 Å². The smallest absolute Gasteiger partial charge is 0.303 e. The molecule has 9 N–H and O–H groups in total. The summed E-state index contributed by atoms with van der Waals surface area (Å²) in [7, 11) is 0. The number of carbonyl (C=O) groups excluding carboxylic acids is 4. The Bertz CT molecular complexity index is 2360. The number of ether oxygens (including phenoxy) is 13. The molecule has 10 rings (SSSR count). The van der Waals surface area contributed by atoms with Crippen LogP contribution in [0.5, 0.6) is 0 Å². The second-order valence-electron chi connectivity index (χ2n) is 24.9. The average molecular weight is 1160 g/mol. The van der Waals surface area contributed by atoms with E-state index in [-0.39, 0.29) is 30.6 Å². The fraction of sp³-hybridized carbons (Fsp3) is 0.891. The highest BCUT2D eigenvalue weighted by Crippen LogP contribution is 2.70. The number of aliphatic hydroxyl groups is 9. The first kappa shape index (κ1) is 61.2. The fourth-order valence-corrected chi connectivity index (χ4v) is 15.8. The van der Waals surface area contributed by atoms with Gasteiger partial charge in [-0.2, -0.15) is 0 Å². The van der Waals surface area contributed by atoms with Gasteiger partial charge in [0.25, 0.3) is 0 Å². The molecule has 4 aliphatic carbocycles. The Morgan fingerprint density at radius 3 is 1.96 bits per heavy atom. The molecule has 458 valence electrons. The number of allylic oxidation sites excluding steroid dienone is 1. The van der Waals surface area contributed by atoms with E-state index >= 15 is 4.79 Å². The monoisotopic (exact) mass is 1160 g/mol. The number of hydrogen-bond donors (Lipinski definition) is 9. The minimum absolute atomic E-state index is 0.0622. The summed E-state index contributed by atoms with van der Waals surface area (Å²) in [6, 6.07) is 0. The molecule has 0 aromatic heterocycles. The van der Waals surface area contributed by atoms with Crippen LogP contribution in [-0.2, 0) is 80.8 Å². The standard InChI is InChI=1S/C55H82O26/c1-19-16-71-55(48(68)42(19)79-50-41(67)39(65)35(61)21(3)72-50)20(2)33-44(81-55)38(64)34-28-11-10-26-14-27(59)15-32(54(26,9)29(28)12-13-53(33,34)8)78-51-45(37(63)31(18-70-51)77-49-40(66)36(62)30(60)17-69-49)80-52-47(76-25(7)58)46(75-24(6)57)43(22(4)73-52)74-23(5)56/h10,19-22,27-37,39-52,59-63,65-68H,11-18H2,1-9H3. The third-order valence-corrected chi connectivity index (χ3v) is 19.9. The van der Waals surface area contributed by atoms with E-state index in [1.807, 2.05) is 13.8 Å². The van der Waals surface area contributed by atoms with E-state index in [4.69, 9.17) is 61.6 Å². The van der Waals surface area contributed by atoms with Crippen LogP contribution < -0.4 is 0 Å². The van der Waals surface area contributed by atoms with Crippen LogP contribution >= 0.6 is 0 Å². The molecule has 32 atom stereocenters. The van der Waals surface area contributed by atoms with Crippen molar-refractivity contribution in [1.29, 1.82) is 0 Å². The zero-order valence-electron chi connectivity index (χ0n) is 46.9. The maximum atomic E-state index is 15.3. The van der Waals surface area contributed by atoms with Gasteiger partial charge in [0.05, 0.1) is 50.3 Å². The van der Waals surface area contributed by atoms with E-state index in [0.29, 0.717) is 25.7 Å². The van der Waals surface area contributed by atoms with Crippen LogP contribution in [0, 0.1) is 46.3 Å². The van der Waals surface area contributed by atoms with Gasteiger partial charge in [0.15, 0.2) is 49.3 Å². The fourth-order valence-electron chi connectivity index (χ4n) is 15.8. The van der Waals surface area contributed by atoms with Crippen LogP contribution in [0.25, 0.3) is 0 Å². The van der Waals surface area contributed by atoms with Gasteiger partial charge in [0, 0.05) is 56.3 Å². The molecule has 0 aromatic carbocycles. The van der Waals surface area contributed by atoms with Crippen molar-refractivity contribution in [3.63, 3.8) is 0 Å². The molecular formula is C55H82O26. The Labute approximate surface area is 468 Å². The van der Waals surface area contributed by atoms with Gasteiger partial charge in [-0.15, -0.1) is 0 Å². The number of esters is 3. The van der Waals surface area contributed by atoms with Crippen LogP contribution in [0.3, 0.4) is 0 Å². The summed E-state index contributed by atoms with van der Waals surface area (Å²) in [5, 5.41) is 99.5. The lowest BCUT2D eigenvalue weighted by molar-refractivity contribution is -0.376. The zero-order chi connectivity index (χ0) is 58.7. The SMILES string of the molecule is CC(=O)OC1C(C)OC(OC2C(OC3CC(O)CC4=CCC5C6C(=O)C7OC8(OCC(C)C(OC9OC(C)C(O)C(O)C9O)C8O)C(C)C7C6(C)CCC5C43C)OCC(OC3OCC(O)C(O)C3O)C2O)C(OC(C)=O)C1OC(C)=O. The Morgan fingerprint density at radius 2 is 1.27 bits per heavy atom. The summed E-state index contributed by atoms with van der Waals surface area (Å²) >= 11 is 0. The van der Waals surface area contributed by atoms with Crippen molar-refractivity contribution in [1.82, 2.24) is 0 Å². The first-order chi connectivity index (χ1) is 38.1. The highest BCUT2D eigenvalue weighted by molar-refractivity contribution is 5.90. The lowest BCUT2D eigenvalue weighted by Crippen LogP contribution is -2.66. The van der Waals surface area contributed by atoms with Crippen LogP contribution in [0.2, 0.25) is 0 Å². The topological polar surface area (TPSA) is 370 Å². The lowest BCUT2D eigenvalue weighted by Gasteiger charge is -2.60. The van der Waals surface area contributed by atoms with Crippen molar-refractivity contribution in [3.05, 3.63) is 11.6 Å². The van der Waals surface area contributed by atoms with Crippen molar-refractivity contribution in [2.45, 2.75) is 241 Å². The van der Waals surface area contributed by atoms with Crippen LogP contribution in [-0.4, -0.2) is 236 Å². The van der Waals surface area contributed by atoms with Crippen molar-refractivity contribution < 1.29 is 127 Å². The molecule has 6 saturated heterocycles. The number of carbonyl (C=O) groups is 4. The first-order valence-electron chi connectivity index (χ1n) is 28.5. The van der Waals surface area contributed by atoms with Gasteiger partial charge < -0.3 is 108 Å². The second-order valence-corrected chi connectivity index (χ2v) is 24.9. The number of ketones is 1. The van der Waals surface area contributed by atoms with Crippen molar-refractivity contribution in [2.24, 2.45) is 46.3 Å². The van der Waals surface area contributed by atoms with Crippen LogP contribution in [0.1, 0.15) is 94.4 Å². The Balaban J connectivity index is 0.923. The minimum Gasteiger partial charge on any atom is -0.456 e. The Kier molecular flexibility index (Phi) is 17.4. The van der Waals surface area contributed by atoms with Gasteiger partial charge in [0.2, 0.25) is 5.79 Å². The second kappa shape index (κ2) is 23.1. The Hall–Kier alpha value is -2.94. The number of Topliss-reactive ketones (excluding diaryl/α,β-unsaturated/α-hetero) is 1. The number of rotatable bonds is 11. The Morgan fingerprint density at radius 1 is 0.642 bits per heavy atom. The molecule has 9 fully saturated rings. The highest BCUT2D eigenvalue weighted by Gasteiger charge is 2.75. The molecule has 1 spiro atoms. The minimum atomic E-state index is -1.77. The van der Waals surface area contributed by atoms with E-state index in [1.54, 1.807) is 6.92 Å². The highest BCUT2D eigenvalue weighted by atomic mass is 16.8. The molecule has 0 aromatic rings. The van der Waals surface area contributed by atoms with Gasteiger partial charge in [0.1, 0.15) is 67.1 Å². The van der Waals surface area contributed by atoms with Crippen molar-refractivity contribution in [3.8, 4) is 0 Å². The average Bonchev–Trinajstić information content (AvgIpc) is 1.98. The summed E-state index contributed by atoms with van der Waals surface area (Å²) in [4.78, 5) is 53.0. The van der Waals surface area contributed by atoms with E-state index in [9.17, 15) is 60.3 Å². The largest absolute Gasteiger partial charge is 0.456 e. The predicted molar refractivity (Wildman–Crippen MR) is 267 cm³/mol. The first-order valence-corrected chi connectivity index (χ1v) is 28.5. The van der Waals surface area contributed by atoms with Gasteiger partial charge >= 0.3 is 17.9 Å². The molecule has 3 saturated carbocycles. The molecule has 0 amide bonds. The van der Waals surface area contributed by atoms with E-state index in [1.165, 1.54) is 13.8 Å². The molecule has 0 radical (unpaired) electrons. The quantitative estimate of drug-likeness (QED) is 0.0623. The summed E-state index contributed by atoms with van der Waals surface area (Å²) in [6.45, 7) is 13.4. The molecule has 10 aliphatic rings. The maximum Gasteiger partial charge on any atom is 0.303 e. The van der Waals surface area contributed by atoms with Gasteiger partial charge in [-0.3, -0.25) is 19.2 Å². The molecule has 0 bridgehead atoms. The van der Waals surface area contributed by atoms with Gasteiger partial charge in [-0.05, 0) is 56.8 Å². The number of aliphatic hydroxyl groups excluding tert-OH is 9. The van der Waals surface area contributed by atoms with E-state index in [2.05, 4.69) is 13.0 Å². The maximum absolute atomic E-state index is 15.3. The molecule has 6 aliphatic heterocycles. The van der Waals surface area contributed by atoms with Crippen LogP contribution in [0.4, 0.5) is 0 Å². The summed E-state index contributed by atoms with van der Waals surface area (Å²) in [5.74, 6) is -6.75. The molecule has 81 heavy (non-hydrogen) atoms. The normalized spacial score (nSPS) is 53.3. The lowest BCUT2D eigenvalue weighted by atomic mass is 9.46. The molecular weight excluding hydrogens is 1080 g/mol. The summed E-state index contributed by atoms with van der Waals surface area (Å²) in [5.41, 5.74) is -0.657. The number of fused-ring (bicyclic) bond motifs is 7. The molecule has 26 heteroatoms. The number of hydrogen-bond acceptors (Lipinski definition) is 26. The molecule has 32 unspecified atom stereocenters. The molecule has 26 nitrogen and oxygen atoms in total. The van der Waals surface area contributed by atoms with Crippen LogP contribution in [0.15, 0.2) is 11.6 Å². The van der Waals surface area contributed by atoms with Crippen molar-refractivity contribution >= 4 is 23.7 Å². The molecule has 6 heterocycles. The third-order valence-electron chi connectivity index (χ3n) is 19.9. The van der Waals surface area contributed by atoms with Crippen molar-refractivity contribution in [2.75, 3.05) is 19.8 Å². The predicted octanol–water partition coefficient (Wildman–Crippen LogP) is -1.85. The van der Waals surface area contributed by atoms with E-state index in [0.717, 1.165) is 26.3 Å². The van der Waals surface area contributed by atoms with Gasteiger partial charge in [-0.25, -0.2) is 0 Å². The summed E-state index contributed by atoms with van der Waals surface area (Å²) in [6.07, 6.45) is -28.1. The van der Waals surface area contributed by atoms with Gasteiger partial charge in [-0.1, -0.05) is 39.3 Å². The third kappa shape index (κ3) is 10.5.